The molecule has 8 bridgehead atoms. The quantitative estimate of drug-likeness (QED) is 0.102. The maximum Gasteiger partial charge on any atom is 0.343 e. The zero-order valence-corrected chi connectivity index (χ0v) is 67.5. The molecule has 20 aromatic carbocycles. The summed E-state index contributed by atoms with van der Waals surface area (Å²) in [6, 6.07) is 111. The highest BCUT2D eigenvalue weighted by Gasteiger charge is 2.31. The molecule has 0 N–H and O–H groups in total. The molecule has 20 aromatic rings. The van der Waals surface area contributed by atoms with E-state index in [9.17, 15) is 0 Å². The van der Waals surface area contributed by atoms with Gasteiger partial charge in [-0.1, -0.05) is 267 Å². The van der Waals surface area contributed by atoms with E-state index in [1.54, 1.807) is 97.1 Å². The van der Waals surface area contributed by atoms with Crippen molar-refractivity contribution in [3.63, 3.8) is 0 Å². The predicted octanol–water partition coefficient (Wildman–Crippen LogP) is 25.6. The van der Waals surface area contributed by atoms with Crippen LogP contribution in [-0.4, -0.2) is 47.8 Å². The van der Waals surface area contributed by atoms with Gasteiger partial charge in [0.05, 0.1) is 44.5 Å². The van der Waals surface area contributed by atoms with E-state index in [0.717, 1.165) is 43.1 Å². The third-order valence-electron chi connectivity index (χ3n) is 23.1. The minimum Gasteiger partial charge on any atom is -0.422 e. The average molecular weight is 1670 g/mol. The molecule has 21 rings (SSSR count). The molecule has 0 aromatic heterocycles. The van der Waals surface area contributed by atoms with Gasteiger partial charge in [-0.3, -0.25) is 0 Å². The van der Waals surface area contributed by atoms with Crippen molar-refractivity contribution in [3.05, 3.63) is 433 Å². The molecule has 1 aliphatic rings. The molecule has 128 heavy (non-hydrogen) atoms. The van der Waals surface area contributed by atoms with Crippen LogP contribution < -0.4 is 37.9 Å². The van der Waals surface area contributed by atoms with Gasteiger partial charge in [-0.25, -0.2) is 38.4 Å². The summed E-state index contributed by atoms with van der Waals surface area (Å²) in [6.45, 7) is 0. The number of carbonyl (C=O) groups is 8. The molecule has 16 nitrogen and oxygen atoms in total. The lowest BCUT2D eigenvalue weighted by molar-refractivity contribution is 0.0714. The first kappa shape index (κ1) is 77.6. The van der Waals surface area contributed by atoms with Crippen LogP contribution in [0.5, 0.6) is 46.0 Å². The number of rotatable bonds is 0. The van der Waals surface area contributed by atoms with Crippen LogP contribution in [0.25, 0.3) is 131 Å². The molecule has 0 saturated carbocycles. The molecule has 0 saturated heterocycles. The minimum absolute atomic E-state index is 0.0269. The lowest BCUT2D eigenvalue weighted by atomic mass is 9.92. The molecule has 0 aliphatic carbocycles. The number of hydrogen-bond acceptors (Lipinski definition) is 16. The molecule has 16 heteroatoms. The van der Waals surface area contributed by atoms with Crippen LogP contribution in [0.4, 0.5) is 0 Å². The standard InChI is InChI=1S/C112H64O16/c113-105-73-29-17-31-75(61-73)107(115)123-91-55-47-67-23-3-11-39-83(67)99(91)101-85-41-13-5-25-69(85)49-57-93(101)125-109(117)77-33-19-35-79(63-77)111(119)127-95-59-51-71-27-7-15-43-87(71)103(95)104-88-44-16-8-28-72(88)52-60-96(104)128-112(120)80-36-20-34-78(64-80)110(118)126-94-58-50-70-26-6-14-42-86(70)102(94)100-84-40-12-4-24-68(84)48-56-92(100)124-108(116)76-32-18-30-74(62-76)106(114)122-90-54-46-66-22-2-10-38-82(66)98(90)97-81-37-9-1-21-65(81)45-53-89(97)121-105/h1-64H. The molecule has 0 atom stereocenters. The smallest absolute Gasteiger partial charge is 0.343 e. The van der Waals surface area contributed by atoms with E-state index in [1.807, 2.05) is 194 Å². The molecule has 1 aliphatic heterocycles. The van der Waals surface area contributed by atoms with Crippen molar-refractivity contribution in [1.29, 1.82) is 0 Å². The van der Waals surface area contributed by atoms with E-state index in [-0.39, 0.29) is 90.5 Å². The van der Waals surface area contributed by atoms with Crippen molar-refractivity contribution < 1.29 is 76.3 Å². The van der Waals surface area contributed by atoms with Gasteiger partial charge < -0.3 is 37.9 Å². The second-order valence-electron chi connectivity index (χ2n) is 30.7. The van der Waals surface area contributed by atoms with Crippen molar-refractivity contribution >= 4 is 134 Å². The fourth-order valence-corrected chi connectivity index (χ4v) is 17.1. The summed E-state index contributed by atoms with van der Waals surface area (Å²) in [4.78, 5) is 121. The summed E-state index contributed by atoms with van der Waals surface area (Å²) < 4.78 is 52.1. The Hall–Kier alpha value is -17.8. The summed E-state index contributed by atoms with van der Waals surface area (Å²) in [6.07, 6.45) is 0. The second kappa shape index (κ2) is 32.6. The van der Waals surface area contributed by atoms with Gasteiger partial charge in [0.15, 0.2) is 0 Å². The summed E-state index contributed by atoms with van der Waals surface area (Å²) in [5.41, 5.74) is 2.88. The second-order valence-corrected chi connectivity index (χ2v) is 30.7. The highest BCUT2D eigenvalue weighted by atomic mass is 16.6. The van der Waals surface area contributed by atoms with Crippen molar-refractivity contribution in [3.8, 4) is 90.5 Å². The van der Waals surface area contributed by atoms with E-state index >= 15 is 38.4 Å². The van der Waals surface area contributed by atoms with E-state index in [2.05, 4.69) is 0 Å². The average Bonchev–Trinajstić information content (AvgIpc) is 0.761. The van der Waals surface area contributed by atoms with Gasteiger partial charge in [-0.2, -0.15) is 0 Å². The minimum atomic E-state index is -0.854. The van der Waals surface area contributed by atoms with Gasteiger partial charge in [0.25, 0.3) is 0 Å². The fourth-order valence-electron chi connectivity index (χ4n) is 17.1. The van der Waals surface area contributed by atoms with E-state index in [1.165, 1.54) is 97.1 Å². The van der Waals surface area contributed by atoms with Crippen LogP contribution in [0.3, 0.4) is 0 Å². The monoisotopic (exact) mass is 1660 g/mol. The fraction of sp³-hybridized carbons (Fsp3) is 0. The number of esters is 8. The molecule has 0 fully saturated rings. The summed E-state index contributed by atoms with van der Waals surface area (Å²) >= 11 is 0. The molecule has 0 spiro atoms. The Morgan fingerprint density at radius 3 is 0.359 bits per heavy atom. The van der Waals surface area contributed by atoms with Crippen LogP contribution in [0.15, 0.2) is 388 Å². The highest BCUT2D eigenvalue weighted by Crippen LogP contribution is 2.52. The Bertz CT molecular complexity index is 6750. The van der Waals surface area contributed by atoms with E-state index < -0.39 is 47.8 Å². The SMILES string of the molecule is O=C1Oc2ccc3ccccc3c2-c2c(ccc3ccccc23)OC(=O)c2cccc(c2)C(=O)Oc2ccc3ccccc3c2-c2c(ccc3ccccc23)OC(=O)c2cccc(c2)C(=O)Oc2ccc3ccccc3c2-c2c(ccc3ccccc23)OC(=O)c2cccc(c2)C(=O)Oc2ccc3ccccc3c2-c2c(ccc3ccccc23)OC(=O)c2cccc1c2. The number of fused-ring (bicyclic) bond motifs is 36. The largest absolute Gasteiger partial charge is 0.422 e. The van der Waals surface area contributed by atoms with Crippen molar-refractivity contribution in [2.24, 2.45) is 0 Å². The Morgan fingerprint density at radius 2 is 0.234 bits per heavy atom. The van der Waals surface area contributed by atoms with Crippen LogP contribution in [0, 0.1) is 0 Å². The highest BCUT2D eigenvalue weighted by molar-refractivity contribution is 6.17. The van der Waals surface area contributed by atoms with Gasteiger partial charge in [0, 0.05) is 44.5 Å². The molecule has 0 unspecified atom stereocenters. The molecular formula is C112H64O16. The van der Waals surface area contributed by atoms with Gasteiger partial charge in [0.2, 0.25) is 0 Å². The Balaban J connectivity index is 0.696. The predicted molar refractivity (Wildman–Crippen MR) is 493 cm³/mol. The summed E-state index contributed by atoms with van der Waals surface area (Å²) in [5.74, 6) is -6.24. The van der Waals surface area contributed by atoms with Crippen molar-refractivity contribution in [2.75, 3.05) is 0 Å². The van der Waals surface area contributed by atoms with Crippen molar-refractivity contribution in [1.82, 2.24) is 0 Å². The van der Waals surface area contributed by atoms with Crippen LogP contribution in [-0.2, 0) is 0 Å². The zero-order valence-electron chi connectivity index (χ0n) is 67.5. The van der Waals surface area contributed by atoms with Gasteiger partial charge in [-0.05, 0) is 208 Å². The first-order valence-electron chi connectivity index (χ1n) is 41.1. The third kappa shape index (κ3) is 14.4. The van der Waals surface area contributed by atoms with E-state index in [0.29, 0.717) is 87.6 Å². The normalized spacial score (nSPS) is 13.0. The van der Waals surface area contributed by atoms with Crippen LogP contribution in [0.1, 0.15) is 82.9 Å². The maximum absolute atomic E-state index is 15.1. The first-order valence-corrected chi connectivity index (χ1v) is 41.1. The van der Waals surface area contributed by atoms with Gasteiger partial charge >= 0.3 is 47.8 Å². The van der Waals surface area contributed by atoms with Crippen LogP contribution >= 0.6 is 0 Å². The van der Waals surface area contributed by atoms with Crippen molar-refractivity contribution in [2.45, 2.75) is 0 Å². The lowest BCUT2D eigenvalue weighted by Crippen LogP contribution is -2.15. The lowest BCUT2D eigenvalue weighted by Gasteiger charge is -2.19. The maximum atomic E-state index is 15.1. The molecule has 0 radical (unpaired) electrons. The number of ether oxygens (including phenoxy) is 8. The molecule has 1 heterocycles. The summed E-state index contributed by atoms with van der Waals surface area (Å²) in [5, 5.41) is 11.0. The number of carbonyl (C=O) groups excluding carboxylic acids is 8. The topological polar surface area (TPSA) is 210 Å². The molecule has 0 amide bonds. The third-order valence-corrected chi connectivity index (χ3v) is 23.1. The van der Waals surface area contributed by atoms with Gasteiger partial charge in [0.1, 0.15) is 46.0 Å². The Labute approximate surface area is 729 Å². The van der Waals surface area contributed by atoms with Gasteiger partial charge in [-0.15, -0.1) is 0 Å². The summed E-state index contributed by atoms with van der Waals surface area (Å²) in [7, 11) is 0. The number of benzene rings is 20. The molecular weight excluding hydrogens is 1600 g/mol. The Morgan fingerprint density at radius 1 is 0.117 bits per heavy atom. The first-order chi connectivity index (χ1) is 62.7. The van der Waals surface area contributed by atoms with Crippen LogP contribution in [0.2, 0.25) is 0 Å². The zero-order chi connectivity index (χ0) is 86.6. The molecule has 608 valence electrons. The Kier molecular flexibility index (Phi) is 19.7. The van der Waals surface area contributed by atoms with E-state index in [4.69, 9.17) is 37.9 Å². The number of hydrogen-bond donors (Lipinski definition) is 0.